The third kappa shape index (κ3) is 3.00. The average molecular weight is 364 g/mol. The first-order valence-corrected chi connectivity index (χ1v) is 10.6. The van der Waals surface area contributed by atoms with E-state index in [2.05, 4.69) is 0 Å². The lowest BCUT2D eigenvalue weighted by molar-refractivity contribution is -0.489. The van der Waals surface area contributed by atoms with Gasteiger partial charge in [0.15, 0.2) is 6.79 Å². The molecule has 4 aliphatic carbocycles. The highest BCUT2D eigenvalue weighted by molar-refractivity contribution is 7.33. The molecule has 6 heteroatoms. The minimum absolute atomic E-state index is 0.138. The third-order valence-electron chi connectivity index (χ3n) is 6.50. The van der Waals surface area contributed by atoms with E-state index in [-0.39, 0.29) is 12.2 Å². The quantitative estimate of drug-likeness (QED) is 0.699. The fraction of sp³-hybridized carbons (Fsp3) is 0.684. The largest absolute Gasteiger partial charge is 0.323 e. The van der Waals surface area contributed by atoms with Gasteiger partial charge < -0.3 is 4.52 Å². The lowest BCUT2D eigenvalue weighted by Gasteiger charge is -2.56. The Kier molecular flexibility index (Phi) is 4.07. The molecule has 1 saturated heterocycles. The summed E-state index contributed by atoms with van der Waals surface area (Å²) in [5.74, 6) is 1.20. The number of benzene rings is 1. The molecule has 136 valence electrons. The van der Waals surface area contributed by atoms with Crippen molar-refractivity contribution in [3.8, 4) is 0 Å². The van der Waals surface area contributed by atoms with Gasteiger partial charge in [0.05, 0.1) is 6.61 Å². The van der Waals surface area contributed by atoms with Crippen LogP contribution in [0.4, 0.5) is 0 Å². The average Bonchev–Trinajstić information content (AvgIpc) is 2.56. The Bertz CT molecular complexity index is 622. The van der Waals surface area contributed by atoms with Crippen molar-refractivity contribution in [1.29, 1.82) is 0 Å². The van der Waals surface area contributed by atoms with Crippen molar-refractivity contribution in [1.82, 2.24) is 0 Å². The van der Waals surface area contributed by atoms with Gasteiger partial charge in [-0.15, -0.1) is 0 Å². The lowest BCUT2D eigenvalue weighted by atomic mass is 9.50. The Morgan fingerprint density at radius 3 is 2.12 bits per heavy atom. The normalized spacial score (nSPS) is 39.1. The smallest absolute Gasteiger partial charge is 0.310 e. The second kappa shape index (κ2) is 6.17. The zero-order valence-electron chi connectivity index (χ0n) is 14.3. The summed E-state index contributed by atoms with van der Waals surface area (Å²) in [6.07, 6.45) is 7.86. The minimum Gasteiger partial charge on any atom is -0.310 e. The molecule has 5 fully saturated rings. The van der Waals surface area contributed by atoms with E-state index < -0.39 is 14.2 Å². The van der Waals surface area contributed by atoms with Gasteiger partial charge in [-0.1, -0.05) is 30.3 Å². The Balaban J connectivity index is 1.23. The standard InChI is InChI=1S/C19H25O5P/c20-25(24-19(21-13-22-19)17-4-2-1-3-5-17)23-12-18-9-14-6-15(10-18)8-16(7-14)11-18/h1-5,14-16,25H,6-13H2. The molecule has 6 rings (SSSR count). The van der Waals surface area contributed by atoms with Crippen LogP contribution in [0.5, 0.6) is 0 Å². The van der Waals surface area contributed by atoms with Gasteiger partial charge in [0.1, 0.15) is 0 Å². The molecule has 1 aromatic rings. The molecular formula is C19H25O5P. The van der Waals surface area contributed by atoms with Crippen molar-refractivity contribution in [2.75, 3.05) is 13.4 Å². The maximum atomic E-state index is 12.5. The molecular weight excluding hydrogens is 339 g/mol. The van der Waals surface area contributed by atoms with Crippen LogP contribution in [0.1, 0.15) is 44.1 Å². The van der Waals surface area contributed by atoms with Gasteiger partial charge in [0.25, 0.3) is 0 Å². The first kappa shape index (κ1) is 16.5. The third-order valence-corrected chi connectivity index (χ3v) is 7.32. The van der Waals surface area contributed by atoms with Crippen molar-refractivity contribution in [2.24, 2.45) is 23.2 Å². The van der Waals surface area contributed by atoms with E-state index in [4.69, 9.17) is 18.5 Å². The van der Waals surface area contributed by atoms with Gasteiger partial charge in [-0.05, 0) is 61.7 Å². The molecule has 1 aliphatic heterocycles. The van der Waals surface area contributed by atoms with Gasteiger partial charge in [0, 0.05) is 5.56 Å². The highest BCUT2D eigenvalue weighted by Gasteiger charge is 2.51. The summed E-state index contributed by atoms with van der Waals surface area (Å²) in [5.41, 5.74) is 0.928. The monoisotopic (exact) mass is 364 g/mol. The van der Waals surface area contributed by atoms with Gasteiger partial charge >= 0.3 is 14.2 Å². The van der Waals surface area contributed by atoms with Crippen LogP contribution in [0.25, 0.3) is 0 Å². The summed E-state index contributed by atoms with van der Waals surface area (Å²) < 4.78 is 34.8. The predicted molar refractivity (Wildman–Crippen MR) is 91.8 cm³/mol. The first-order chi connectivity index (χ1) is 12.1. The van der Waals surface area contributed by atoms with Crippen LogP contribution in [-0.2, 0) is 29.1 Å². The maximum Gasteiger partial charge on any atom is 0.323 e. The summed E-state index contributed by atoms with van der Waals surface area (Å²) in [5, 5.41) is 0. The van der Waals surface area contributed by atoms with E-state index in [1.807, 2.05) is 30.3 Å². The lowest BCUT2D eigenvalue weighted by Crippen LogP contribution is -2.48. The Morgan fingerprint density at radius 2 is 1.60 bits per heavy atom. The summed E-state index contributed by atoms with van der Waals surface area (Å²) in [6.45, 7) is 0.679. The fourth-order valence-corrected chi connectivity index (χ4v) is 6.85. The molecule has 1 aromatic carbocycles. The molecule has 25 heavy (non-hydrogen) atoms. The summed E-state index contributed by atoms with van der Waals surface area (Å²) in [6, 6.07) is 9.33. The molecule has 4 saturated carbocycles. The van der Waals surface area contributed by atoms with Gasteiger partial charge in [-0.25, -0.2) is 4.52 Å². The van der Waals surface area contributed by atoms with E-state index in [9.17, 15) is 4.57 Å². The zero-order chi connectivity index (χ0) is 16.9. The van der Waals surface area contributed by atoms with Crippen molar-refractivity contribution >= 4 is 8.25 Å². The summed E-state index contributed by atoms with van der Waals surface area (Å²) >= 11 is 0. The second-order valence-electron chi connectivity index (χ2n) is 8.39. The van der Waals surface area contributed by atoms with Crippen molar-refractivity contribution < 1.29 is 23.1 Å². The zero-order valence-corrected chi connectivity index (χ0v) is 15.3. The molecule has 0 spiro atoms. The predicted octanol–water partition coefficient (Wildman–Crippen LogP) is 4.44. The van der Waals surface area contributed by atoms with Crippen molar-refractivity contribution in [3.05, 3.63) is 35.9 Å². The second-order valence-corrected chi connectivity index (χ2v) is 9.38. The van der Waals surface area contributed by atoms with Crippen LogP contribution in [0.15, 0.2) is 30.3 Å². The maximum absolute atomic E-state index is 12.5. The number of hydrogen-bond donors (Lipinski definition) is 0. The Morgan fingerprint density at radius 1 is 1.00 bits per heavy atom. The molecule has 4 bridgehead atoms. The highest BCUT2D eigenvalue weighted by Crippen LogP contribution is 2.60. The Labute approximate surface area is 148 Å². The SMILES string of the molecule is O=[PH](OCC12CC3CC(CC(C3)C1)C2)OC1(c2ccccc2)OCO1. The molecule has 0 aromatic heterocycles. The van der Waals surface area contributed by atoms with Crippen LogP contribution in [0.3, 0.4) is 0 Å². The van der Waals surface area contributed by atoms with Gasteiger partial charge in [0.2, 0.25) is 0 Å². The van der Waals surface area contributed by atoms with Crippen molar-refractivity contribution in [3.63, 3.8) is 0 Å². The van der Waals surface area contributed by atoms with Gasteiger partial charge in [-0.3, -0.25) is 14.0 Å². The van der Waals surface area contributed by atoms with Gasteiger partial charge in [-0.2, -0.15) is 0 Å². The van der Waals surface area contributed by atoms with E-state index in [1.54, 1.807) is 0 Å². The van der Waals surface area contributed by atoms with E-state index in [0.717, 1.165) is 17.8 Å². The van der Waals surface area contributed by atoms with Crippen LogP contribution in [0, 0.1) is 23.2 Å². The van der Waals surface area contributed by atoms with Crippen molar-refractivity contribution in [2.45, 2.75) is 44.5 Å². The number of ether oxygens (including phenoxy) is 2. The Hall–Kier alpha value is -0.710. The van der Waals surface area contributed by atoms with E-state index in [1.165, 1.54) is 38.5 Å². The van der Waals surface area contributed by atoms with Crippen LogP contribution >= 0.6 is 8.25 Å². The van der Waals surface area contributed by atoms with Crippen LogP contribution < -0.4 is 0 Å². The molecule has 1 atom stereocenters. The molecule has 1 unspecified atom stereocenters. The van der Waals surface area contributed by atoms with E-state index in [0.29, 0.717) is 12.2 Å². The number of hydrogen-bond acceptors (Lipinski definition) is 5. The molecule has 5 aliphatic rings. The molecule has 5 nitrogen and oxygen atoms in total. The molecule has 0 N–H and O–H groups in total. The summed E-state index contributed by atoms with van der Waals surface area (Å²) in [4.78, 5) is 0. The topological polar surface area (TPSA) is 54.0 Å². The summed E-state index contributed by atoms with van der Waals surface area (Å²) in [7, 11) is -2.70. The molecule has 1 heterocycles. The van der Waals surface area contributed by atoms with Crippen LogP contribution in [0.2, 0.25) is 0 Å². The van der Waals surface area contributed by atoms with Crippen LogP contribution in [-0.4, -0.2) is 13.4 Å². The first-order valence-electron chi connectivity index (χ1n) is 9.34. The fourth-order valence-electron chi connectivity index (χ4n) is 5.91. The molecule has 0 radical (unpaired) electrons. The highest BCUT2D eigenvalue weighted by atomic mass is 31.1. The molecule has 0 amide bonds. The number of rotatable bonds is 6. The minimum atomic E-state index is -2.70. The van der Waals surface area contributed by atoms with E-state index >= 15 is 0 Å².